The zero-order valence-electron chi connectivity index (χ0n) is 17.4. The molecule has 1 aromatic carbocycles. The maximum absolute atomic E-state index is 13.2. The van der Waals surface area contributed by atoms with E-state index in [0.29, 0.717) is 25.8 Å². The number of carbonyl (C=O) groups is 2. The van der Waals surface area contributed by atoms with Crippen LogP contribution in [0.1, 0.15) is 33.6 Å². The molecule has 0 saturated heterocycles. The fourth-order valence-corrected chi connectivity index (χ4v) is 6.50. The molecule has 0 atom stereocenters. The lowest BCUT2D eigenvalue weighted by Crippen LogP contribution is -2.28. The smallest absolute Gasteiger partial charge is 0.263 e. The molecule has 0 spiro atoms. The van der Waals surface area contributed by atoms with Crippen molar-refractivity contribution < 1.29 is 9.59 Å². The van der Waals surface area contributed by atoms with E-state index >= 15 is 0 Å². The summed E-state index contributed by atoms with van der Waals surface area (Å²) in [4.78, 5) is 44.2. The molecule has 7 nitrogen and oxygen atoms in total. The normalized spacial score (nSPS) is 13.1. The minimum absolute atomic E-state index is 0.224. The second kappa shape index (κ2) is 8.74. The summed E-state index contributed by atoms with van der Waals surface area (Å²) in [5.74, 6) is -0.960. The van der Waals surface area contributed by atoms with Gasteiger partial charge < -0.3 is 11.1 Å². The van der Waals surface area contributed by atoms with Crippen molar-refractivity contribution in [1.82, 2.24) is 9.55 Å². The highest BCUT2D eigenvalue weighted by molar-refractivity contribution is 7.17. The lowest BCUT2D eigenvalue weighted by Gasteiger charge is -2.11. The summed E-state index contributed by atoms with van der Waals surface area (Å²) < 4.78 is 1.28. The number of nitrogens with one attached hydrogen (secondary N) is 1. The first kappa shape index (κ1) is 21.8. The highest BCUT2D eigenvalue weighted by Crippen LogP contribution is 2.38. The molecule has 3 N–H and O–H groups in total. The van der Waals surface area contributed by atoms with Gasteiger partial charge in [0.05, 0.1) is 17.3 Å². The van der Waals surface area contributed by atoms with E-state index in [-0.39, 0.29) is 12.1 Å². The molecule has 2 amide bonds. The average molecular weight is 499 g/mol. The van der Waals surface area contributed by atoms with Crippen LogP contribution in [0.4, 0.5) is 5.00 Å². The van der Waals surface area contributed by atoms with E-state index in [4.69, 9.17) is 17.3 Å². The summed E-state index contributed by atoms with van der Waals surface area (Å²) in [6, 6.07) is 7.22. The van der Waals surface area contributed by atoms with Crippen molar-refractivity contribution in [2.24, 2.45) is 5.73 Å². The van der Waals surface area contributed by atoms with E-state index < -0.39 is 11.8 Å². The van der Waals surface area contributed by atoms with Crippen molar-refractivity contribution in [3.05, 3.63) is 67.4 Å². The highest BCUT2D eigenvalue weighted by atomic mass is 35.5. The minimum atomic E-state index is -0.546. The third kappa shape index (κ3) is 4.07. The molecule has 5 rings (SSSR count). The van der Waals surface area contributed by atoms with Gasteiger partial charge in [0.2, 0.25) is 5.91 Å². The molecule has 3 heterocycles. The SMILES string of the molecule is NC(=O)c1c(NC(=O)Cn2cnc3scc(-c4ccc(Cl)cc4)c3c2=O)sc2c1CCCC2. The molecule has 0 saturated carbocycles. The summed E-state index contributed by atoms with van der Waals surface area (Å²) in [6.07, 6.45) is 5.08. The van der Waals surface area contributed by atoms with Gasteiger partial charge in [0.1, 0.15) is 16.4 Å². The number of halogens is 1. The van der Waals surface area contributed by atoms with Crippen molar-refractivity contribution in [2.75, 3.05) is 5.32 Å². The molecule has 0 aliphatic heterocycles. The number of benzene rings is 1. The lowest BCUT2D eigenvalue weighted by atomic mass is 9.95. The van der Waals surface area contributed by atoms with Crippen LogP contribution in [0.5, 0.6) is 0 Å². The van der Waals surface area contributed by atoms with Crippen molar-refractivity contribution in [3.8, 4) is 11.1 Å². The Labute approximate surface area is 201 Å². The maximum atomic E-state index is 13.2. The van der Waals surface area contributed by atoms with Gasteiger partial charge >= 0.3 is 0 Å². The Morgan fingerprint density at radius 2 is 1.94 bits per heavy atom. The number of nitrogens with two attached hydrogens (primary N) is 1. The van der Waals surface area contributed by atoms with Gasteiger partial charge in [0, 0.05) is 20.8 Å². The molecule has 33 heavy (non-hydrogen) atoms. The van der Waals surface area contributed by atoms with Gasteiger partial charge in [-0.25, -0.2) is 4.98 Å². The third-order valence-electron chi connectivity index (χ3n) is 5.70. The fraction of sp³-hybridized carbons (Fsp3) is 0.217. The first-order chi connectivity index (χ1) is 15.9. The Hall–Kier alpha value is -3.01. The van der Waals surface area contributed by atoms with E-state index in [1.807, 2.05) is 17.5 Å². The van der Waals surface area contributed by atoms with E-state index in [1.165, 1.54) is 33.6 Å². The second-order valence-corrected chi connectivity index (χ2v) is 10.2. The van der Waals surface area contributed by atoms with Crippen LogP contribution in [-0.4, -0.2) is 21.4 Å². The van der Waals surface area contributed by atoms with Gasteiger partial charge in [-0.3, -0.25) is 19.0 Å². The van der Waals surface area contributed by atoms with Crippen molar-refractivity contribution in [3.63, 3.8) is 0 Å². The molecule has 1 aliphatic carbocycles. The van der Waals surface area contributed by atoms with E-state index in [1.54, 1.807) is 12.1 Å². The van der Waals surface area contributed by atoms with Crippen LogP contribution < -0.4 is 16.6 Å². The molecular weight excluding hydrogens is 480 g/mol. The number of carbonyl (C=O) groups excluding carboxylic acids is 2. The van der Waals surface area contributed by atoms with Gasteiger partial charge in [-0.1, -0.05) is 23.7 Å². The minimum Gasteiger partial charge on any atom is -0.365 e. The van der Waals surface area contributed by atoms with Crippen LogP contribution in [0.25, 0.3) is 21.3 Å². The quantitative estimate of drug-likeness (QED) is 0.423. The lowest BCUT2D eigenvalue weighted by molar-refractivity contribution is -0.116. The number of hydrogen-bond donors (Lipinski definition) is 2. The molecular formula is C23H19ClN4O3S2. The van der Waals surface area contributed by atoms with Gasteiger partial charge in [0.25, 0.3) is 11.5 Å². The number of aryl methyl sites for hydroxylation is 1. The van der Waals surface area contributed by atoms with Crippen molar-refractivity contribution >= 4 is 61.3 Å². The number of amides is 2. The topological polar surface area (TPSA) is 107 Å². The average Bonchev–Trinajstić information content (AvgIpc) is 3.38. The van der Waals surface area contributed by atoms with Gasteiger partial charge in [0.15, 0.2) is 0 Å². The molecule has 4 aromatic rings. The summed E-state index contributed by atoms with van der Waals surface area (Å²) in [7, 11) is 0. The highest BCUT2D eigenvalue weighted by Gasteiger charge is 2.25. The molecule has 1 aliphatic rings. The monoisotopic (exact) mass is 498 g/mol. The van der Waals surface area contributed by atoms with Crippen LogP contribution in [0.2, 0.25) is 5.02 Å². The van der Waals surface area contributed by atoms with E-state index in [0.717, 1.165) is 47.3 Å². The predicted octanol–water partition coefficient (Wildman–Crippen LogP) is 4.46. The number of hydrogen-bond acceptors (Lipinski definition) is 6. The Balaban J connectivity index is 1.45. The second-order valence-electron chi connectivity index (χ2n) is 7.84. The number of thiophene rings is 2. The number of rotatable bonds is 5. The summed E-state index contributed by atoms with van der Waals surface area (Å²) in [5.41, 5.74) is 8.25. The molecule has 0 radical (unpaired) electrons. The Kier molecular flexibility index (Phi) is 5.77. The first-order valence-electron chi connectivity index (χ1n) is 10.4. The molecule has 168 valence electrons. The van der Waals surface area contributed by atoms with Crippen LogP contribution in [0.3, 0.4) is 0 Å². The maximum Gasteiger partial charge on any atom is 0.263 e. The van der Waals surface area contributed by atoms with Crippen LogP contribution in [0, 0.1) is 0 Å². The summed E-state index contributed by atoms with van der Waals surface area (Å²) in [6.45, 7) is -0.224. The van der Waals surface area contributed by atoms with Crippen LogP contribution in [-0.2, 0) is 24.2 Å². The number of fused-ring (bicyclic) bond motifs is 2. The fourth-order valence-electron chi connectivity index (χ4n) is 4.16. The van der Waals surface area contributed by atoms with Gasteiger partial charge in [-0.15, -0.1) is 22.7 Å². The Morgan fingerprint density at radius 3 is 2.70 bits per heavy atom. The third-order valence-corrected chi connectivity index (χ3v) is 8.05. The van der Waals surface area contributed by atoms with Crippen LogP contribution in [0.15, 0.2) is 40.8 Å². The van der Waals surface area contributed by atoms with E-state index in [2.05, 4.69) is 10.3 Å². The van der Waals surface area contributed by atoms with Gasteiger partial charge in [-0.05, 0) is 48.9 Å². The molecule has 10 heteroatoms. The number of nitrogens with zero attached hydrogens (tertiary/aromatic N) is 2. The molecule has 0 bridgehead atoms. The van der Waals surface area contributed by atoms with Crippen LogP contribution >= 0.6 is 34.3 Å². The van der Waals surface area contributed by atoms with Crippen molar-refractivity contribution in [1.29, 1.82) is 0 Å². The number of anilines is 1. The first-order valence-corrected chi connectivity index (χ1v) is 12.5. The standard InChI is InChI=1S/C23H19ClN4O3S2/c24-13-7-5-12(6-8-13)15-10-32-21-19(15)23(31)28(11-26-21)9-17(29)27-22-18(20(25)30)14-3-1-2-4-16(14)33-22/h5-8,10-11H,1-4,9H2,(H2,25,30)(H,27,29). The molecule has 0 fully saturated rings. The molecule has 0 unspecified atom stereocenters. The Bertz CT molecular complexity index is 1450. The zero-order chi connectivity index (χ0) is 23.1. The predicted molar refractivity (Wildman–Crippen MR) is 132 cm³/mol. The van der Waals surface area contributed by atoms with E-state index in [9.17, 15) is 14.4 Å². The zero-order valence-corrected chi connectivity index (χ0v) is 19.8. The van der Waals surface area contributed by atoms with Crippen molar-refractivity contribution in [2.45, 2.75) is 32.2 Å². The summed E-state index contributed by atoms with van der Waals surface area (Å²) >= 11 is 8.75. The number of aromatic nitrogens is 2. The Morgan fingerprint density at radius 1 is 1.18 bits per heavy atom. The number of primary amides is 1. The largest absolute Gasteiger partial charge is 0.365 e. The van der Waals surface area contributed by atoms with Gasteiger partial charge in [-0.2, -0.15) is 0 Å². The summed E-state index contributed by atoms with van der Waals surface area (Å²) in [5, 5.41) is 6.20. The molecule has 3 aromatic heterocycles.